The van der Waals surface area contributed by atoms with Gasteiger partial charge in [0.05, 0.1) is 0 Å². The largest absolute Gasteiger partial charge is 0.444 e. The minimum atomic E-state index is -0.393. The normalized spacial score (nSPS) is 23.4. The summed E-state index contributed by atoms with van der Waals surface area (Å²) in [4.78, 5) is 13.8. The van der Waals surface area contributed by atoms with Gasteiger partial charge in [-0.2, -0.15) is 0 Å². The summed E-state index contributed by atoms with van der Waals surface area (Å²) in [6.45, 7) is 7.24. The summed E-state index contributed by atoms with van der Waals surface area (Å²) in [7, 11) is 0. The highest BCUT2D eigenvalue weighted by atomic mass is 79.9. The van der Waals surface area contributed by atoms with Crippen LogP contribution in [0.25, 0.3) is 0 Å². The van der Waals surface area contributed by atoms with Crippen molar-refractivity contribution in [2.24, 2.45) is 0 Å². The van der Waals surface area contributed by atoms with Gasteiger partial charge in [0, 0.05) is 17.9 Å². The lowest BCUT2D eigenvalue weighted by Gasteiger charge is -2.32. The van der Waals surface area contributed by atoms with Crippen LogP contribution in [0.15, 0.2) is 0 Å². The van der Waals surface area contributed by atoms with E-state index in [2.05, 4.69) is 15.9 Å². The van der Waals surface area contributed by atoms with Gasteiger partial charge in [-0.3, -0.25) is 0 Å². The SMILES string of the molecule is CC(C)(C)OC(=O)N1CCC[C@@H](Br)C1. The first-order chi connectivity index (χ1) is 6.38. The summed E-state index contributed by atoms with van der Waals surface area (Å²) >= 11 is 3.53. The van der Waals surface area contributed by atoms with E-state index in [-0.39, 0.29) is 6.09 Å². The molecule has 0 aliphatic carbocycles. The van der Waals surface area contributed by atoms with E-state index in [4.69, 9.17) is 4.74 Å². The number of ether oxygens (including phenoxy) is 1. The molecule has 1 atom stereocenters. The summed E-state index contributed by atoms with van der Waals surface area (Å²) in [6, 6.07) is 0. The molecule has 1 fully saturated rings. The van der Waals surface area contributed by atoms with Crippen LogP contribution in [-0.2, 0) is 4.74 Å². The molecule has 14 heavy (non-hydrogen) atoms. The maximum absolute atomic E-state index is 11.6. The van der Waals surface area contributed by atoms with Gasteiger partial charge in [-0.15, -0.1) is 0 Å². The first-order valence-corrected chi connectivity index (χ1v) is 5.92. The van der Waals surface area contributed by atoms with Crippen LogP contribution in [0.3, 0.4) is 0 Å². The summed E-state index contributed by atoms with van der Waals surface area (Å²) in [5, 5.41) is 0. The van der Waals surface area contributed by atoms with Crippen molar-refractivity contribution in [1.82, 2.24) is 4.90 Å². The second-order valence-electron chi connectivity index (χ2n) is 4.67. The Morgan fingerprint density at radius 1 is 1.50 bits per heavy atom. The van der Waals surface area contributed by atoms with Crippen LogP contribution in [0, 0.1) is 0 Å². The maximum atomic E-state index is 11.6. The molecule has 0 aromatic carbocycles. The lowest BCUT2D eigenvalue weighted by molar-refractivity contribution is 0.0222. The number of likely N-dealkylation sites (tertiary alicyclic amines) is 1. The first-order valence-electron chi connectivity index (χ1n) is 5.00. The summed E-state index contributed by atoms with van der Waals surface area (Å²) in [5.74, 6) is 0. The minimum Gasteiger partial charge on any atom is -0.444 e. The highest BCUT2D eigenvalue weighted by Crippen LogP contribution is 2.19. The van der Waals surface area contributed by atoms with Gasteiger partial charge < -0.3 is 9.64 Å². The molecule has 82 valence electrons. The number of alkyl halides is 1. The molecule has 1 heterocycles. The number of halogens is 1. The minimum absolute atomic E-state index is 0.193. The molecule has 1 amide bonds. The monoisotopic (exact) mass is 263 g/mol. The van der Waals surface area contributed by atoms with Crippen LogP contribution in [-0.4, -0.2) is 34.5 Å². The van der Waals surface area contributed by atoms with E-state index in [1.54, 1.807) is 4.90 Å². The third-order valence-electron chi connectivity index (χ3n) is 2.02. The van der Waals surface area contributed by atoms with Crippen molar-refractivity contribution in [2.45, 2.75) is 44.0 Å². The number of hydrogen-bond acceptors (Lipinski definition) is 2. The van der Waals surface area contributed by atoms with Gasteiger partial charge in [0.15, 0.2) is 0 Å². The Bertz CT molecular complexity index is 213. The maximum Gasteiger partial charge on any atom is 0.410 e. The number of carbonyl (C=O) groups is 1. The number of nitrogens with zero attached hydrogens (tertiary/aromatic N) is 1. The first kappa shape index (κ1) is 11.8. The lowest BCUT2D eigenvalue weighted by atomic mass is 10.1. The standard InChI is InChI=1S/C10H18BrNO2/c1-10(2,3)14-9(13)12-6-4-5-8(11)7-12/h8H,4-7H2,1-3H3/t8-/m1/s1. The van der Waals surface area contributed by atoms with Gasteiger partial charge >= 0.3 is 6.09 Å². The predicted octanol–water partition coefficient (Wildman–Crippen LogP) is 2.78. The highest BCUT2D eigenvalue weighted by molar-refractivity contribution is 9.09. The molecule has 0 aromatic rings. The smallest absolute Gasteiger partial charge is 0.410 e. The number of rotatable bonds is 0. The Labute approximate surface area is 93.9 Å². The van der Waals surface area contributed by atoms with Gasteiger partial charge in [0.1, 0.15) is 5.60 Å². The van der Waals surface area contributed by atoms with Crippen molar-refractivity contribution in [3.8, 4) is 0 Å². The summed E-state index contributed by atoms with van der Waals surface area (Å²) < 4.78 is 5.29. The van der Waals surface area contributed by atoms with Crippen LogP contribution in [0.2, 0.25) is 0 Å². The average Bonchev–Trinajstić information content (AvgIpc) is 2.01. The summed E-state index contributed by atoms with van der Waals surface area (Å²) in [5.41, 5.74) is -0.393. The van der Waals surface area contributed by atoms with Gasteiger partial charge in [-0.25, -0.2) is 4.79 Å². The van der Waals surface area contributed by atoms with Crippen LogP contribution in [0.1, 0.15) is 33.6 Å². The molecule has 1 aliphatic rings. The molecule has 0 saturated carbocycles. The molecule has 1 saturated heterocycles. The Balaban J connectivity index is 2.44. The molecule has 3 nitrogen and oxygen atoms in total. The molecule has 0 N–H and O–H groups in total. The van der Waals surface area contributed by atoms with Crippen molar-refractivity contribution in [1.29, 1.82) is 0 Å². The van der Waals surface area contributed by atoms with Gasteiger partial charge in [-0.1, -0.05) is 15.9 Å². The zero-order valence-corrected chi connectivity index (χ0v) is 10.6. The van der Waals surface area contributed by atoms with Crippen molar-refractivity contribution < 1.29 is 9.53 Å². The molecule has 0 bridgehead atoms. The second kappa shape index (κ2) is 4.51. The molecule has 1 aliphatic heterocycles. The molecule has 1 rings (SSSR count). The van der Waals surface area contributed by atoms with Gasteiger partial charge in [0.2, 0.25) is 0 Å². The van der Waals surface area contributed by atoms with E-state index in [0.717, 1.165) is 25.9 Å². The van der Waals surface area contributed by atoms with E-state index < -0.39 is 5.60 Å². The lowest BCUT2D eigenvalue weighted by Crippen LogP contribution is -2.43. The van der Waals surface area contributed by atoms with E-state index in [0.29, 0.717) is 4.83 Å². The Morgan fingerprint density at radius 2 is 2.14 bits per heavy atom. The van der Waals surface area contributed by atoms with Crippen LogP contribution >= 0.6 is 15.9 Å². The molecule has 4 heteroatoms. The molecule has 0 unspecified atom stereocenters. The second-order valence-corrected chi connectivity index (χ2v) is 5.96. The zero-order chi connectivity index (χ0) is 10.8. The number of piperidine rings is 1. The van der Waals surface area contributed by atoms with Gasteiger partial charge in [0.25, 0.3) is 0 Å². The molecule has 0 radical (unpaired) electrons. The van der Waals surface area contributed by atoms with E-state index >= 15 is 0 Å². The highest BCUT2D eigenvalue weighted by Gasteiger charge is 2.26. The fourth-order valence-electron chi connectivity index (χ4n) is 1.42. The Morgan fingerprint density at radius 3 is 2.64 bits per heavy atom. The van der Waals surface area contributed by atoms with E-state index in [1.165, 1.54) is 0 Å². The number of amides is 1. The van der Waals surface area contributed by atoms with Crippen molar-refractivity contribution in [2.75, 3.05) is 13.1 Å². The number of carbonyl (C=O) groups excluding carboxylic acids is 1. The molecular weight excluding hydrogens is 246 g/mol. The van der Waals surface area contributed by atoms with Crippen molar-refractivity contribution in [3.63, 3.8) is 0 Å². The fourth-order valence-corrected chi connectivity index (χ4v) is 2.09. The van der Waals surface area contributed by atoms with E-state index in [1.807, 2.05) is 20.8 Å². The Hall–Kier alpha value is -0.250. The zero-order valence-electron chi connectivity index (χ0n) is 9.05. The summed E-state index contributed by atoms with van der Waals surface area (Å²) in [6.07, 6.45) is 2.00. The van der Waals surface area contributed by atoms with Crippen molar-refractivity contribution >= 4 is 22.0 Å². The van der Waals surface area contributed by atoms with Crippen molar-refractivity contribution in [3.05, 3.63) is 0 Å². The number of hydrogen-bond donors (Lipinski definition) is 0. The predicted molar refractivity (Wildman–Crippen MR) is 59.8 cm³/mol. The van der Waals surface area contributed by atoms with Crippen LogP contribution < -0.4 is 0 Å². The third-order valence-corrected chi connectivity index (χ3v) is 2.76. The van der Waals surface area contributed by atoms with Gasteiger partial charge in [-0.05, 0) is 33.6 Å². The molecule has 0 spiro atoms. The fraction of sp³-hybridized carbons (Fsp3) is 0.900. The topological polar surface area (TPSA) is 29.5 Å². The Kier molecular flexibility index (Phi) is 3.81. The average molecular weight is 264 g/mol. The quantitative estimate of drug-likeness (QED) is 0.629. The molecular formula is C10H18BrNO2. The third kappa shape index (κ3) is 3.86. The molecule has 0 aromatic heterocycles. The van der Waals surface area contributed by atoms with Crippen LogP contribution in [0.4, 0.5) is 4.79 Å². The van der Waals surface area contributed by atoms with Crippen LogP contribution in [0.5, 0.6) is 0 Å². The van der Waals surface area contributed by atoms with E-state index in [9.17, 15) is 4.79 Å².